The van der Waals surface area contributed by atoms with E-state index >= 15 is 0 Å². The second kappa shape index (κ2) is 8.94. The number of nitrogens with zero attached hydrogens (tertiary/aromatic N) is 2. The van der Waals surface area contributed by atoms with E-state index in [0.717, 1.165) is 18.2 Å². The van der Waals surface area contributed by atoms with Crippen LogP contribution in [-0.2, 0) is 26.1 Å². The highest BCUT2D eigenvalue weighted by atomic mass is 35.5. The summed E-state index contributed by atoms with van der Waals surface area (Å²) in [5, 5.41) is 0.676. The third kappa shape index (κ3) is 4.51. The first kappa shape index (κ1) is 22.3. The number of morpholine rings is 1. The number of aromatic amines is 1. The summed E-state index contributed by atoms with van der Waals surface area (Å²) in [5.74, 6) is -2.02. The molecule has 4 rings (SSSR count). The molecule has 0 amide bonds. The number of sulfonamides is 1. The van der Waals surface area contributed by atoms with Crippen molar-refractivity contribution in [2.75, 3.05) is 26.3 Å². The van der Waals surface area contributed by atoms with Crippen molar-refractivity contribution in [3.63, 3.8) is 0 Å². The first-order valence-electron chi connectivity index (χ1n) is 9.49. The van der Waals surface area contributed by atoms with Gasteiger partial charge in [0.2, 0.25) is 10.0 Å². The van der Waals surface area contributed by atoms with Gasteiger partial charge in [-0.3, -0.25) is 4.79 Å². The lowest BCUT2D eigenvalue weighted by molar-refractivity contribution is 0.0456. The Balaban J connectivity index is 1.55. The van der Waals surface area contributed by atoms with Gasteiger partial charge in [-0.15, -0.1) is 0 Å². The Morgan fingerprint density at radius 2 is 1.97 bits per heavy atom. The van der Waals surface area contributed by atoms with Gasteiger partial charge in [0.25, 0.3) is 5.56 Å². The molecule has 0 bridgehead atoms. The molecule has 168 valence electrons. The molecular weight excluding hydrogens is 465 g/mol. The molecule has 0 aliphatic carbocycles. The number of fused-ring (bicyclic) bond motifs is 1. The van der Waals surface area contributed by atoms with Crippen LogP contribution in [0, 0.1) is 5.82 Å². The lowest BCUT2D eigenvalue weighted by Gasteiger charge is -2.26. The first-order valence-corrected chi connectivity index (χ1v) is 11.3. The number of rotatable bonds is 5. The number of hydrogen-bond acceptors (Lipinski definition) is 7. The summed E-state index contributed by atoms with van der Waals surface area (Å²) in [6.45, 7) is 0.348. The quantitative estimate of drug-likeness (QED) is 0.554. The van der Waals surface area contributed by atoms with Crippen LogP contribution in [0.5, 0.6) is 0 Å². The predicted octanol–water partition coefficient (Wildman–Crippen LogP) is 2.09. The maximum Gasteiger partial charge on any atom is 0.341 e. The summed E-state index contributed by atoms with van der Waals surface area (Å²) in [6.07, 6.45) is 0. The topological polar surface area (TPSA) is 119 Å². The zero-order valence-electron chi connectivity index (χ0n) is 16.5. The molecule has 0 atom stereocenters. The monoisotopic (exact) mass is 481 g/mol. The van der Waals surface area contributed by atoms with Gasteiger partial charge >= 0.3 is 5.97 Å². The molecule has 9 nitrogen and oxygen atoms in total. The maximum atomic E-state index is 14.3. The van der Waals surface area contributed by atoms with Gasteiger partial charge in [-0.1, -0.05) is 11.6 Å². The van der Waals surface area contributed by atoms with Gasteiger partial charge in [0, 0.05) is 18.1 Å². The van der Waals surface area contributed by atoms with Crippen LogP contribution >= 0.6 is 11.6 Å². The molecular formula is C20H17ClFN3O6S. The van der Waals surface area contributed by atoms with Crippen molar-refractivity contribution in [2.24, 2.45) is 0 Å². The summed E-state index contributed by atoms with van der Waals surface area (Å²) in [6, 6.07) is 7.44. The maximum absolute atomic E-state index is 14.3. The van der Waals surface area contributed by atoms with Crippen molar-refractivity contribution in [1.82, 2.24) is 14.3 Å². The van der Waals surface area contributed by atoms with Gasteiger partial charge in [-0.25, -0.2) is 22.6 Å². The van der Waals surface area contributed by atoms with Crippen molar-refractivity contribution in [3.8, 4) is 0 Å². The summed E-state index contributed by atoms with van der Waals surface area (Å²) in [4.78, 5) is 31.0. The van der Waals surface area contributed by atoms with E-state index in [1.807, 2.05) is 0 Å². The summed E-state index contributed by atoms with van der Waals surface area (Å²) in [7, 11) is -3.93. The highest BCUT2D eigenvalue weighted by molar-refractivity contribution is 7.89. The van der Waals surface area contributed by atoms with E-state index in [2.05, 4.69) is 9.97 Å². The van der Waals surface area contributed by atoms with Crippen LogP contribution in [0.4, 0.5) is 4.39 Å². The molecule has 32 heavy (non-hydrogen) atoms. The number of hydrogen-bond donors (Lipinski definition) is 1. The average molecular weight is 482 g/mol. The van der Waals surface area contributed by atoms with Gasteiger partial charge in [0.15, 0.2) is 0 Å². The van der Waals surface area contributed by atoms with E-state index in [1.54, 1.807) is 6.07 Å². The minimum Gasteiger partial charge on any atom is -0.454 e. The van der Waals surface area contributed by atoms with E-state index in [9.17, 15) is 22.4 Å². The highest BCUT2D eigenvalue weighted by Crippen LogP contribution is 2.21. The second-order valence-corrected chi connectivity index (χ2v) is 9.28. The first-order chi connectivity index (χ1) is 15.3. The fourth-order valence-electron chi connectivity index (χ4n) is 3.20. The lowest BCUT2D eigenvalue weighted by atomic mass is 10.2. The van der Waals surface area contributed by atoms with Crippen LogP contribution in [0.3, 0.4) is 0 Å². The van der Waals surface area contributed by atoms with Gasteiger partial charge in [-0.2, -0.15) is 4.31 Å². The molecule has 1 saturated heterocycles. The molecule has 0 spiro atoms. The van der Waals surface area contributed by atoms with Crippen molar-refractivity contribution in [3.05, 3.63) is 69.0 Å². The van der Waals surface area contributed by atoms with Crippen LogP contribution in [0.2, 0.25) is 5.02 Å². The molecule has 1 aliphatic heterocycles. The normalized spacial score (nSPS) is 15.1. The zero-order valence-corrected chi connectivity index (χ0v) is 18.1. The fraction of sp³-hybridized carbons (Fsp3) is 0.250. The Labute approximate surface area is 186 Å². The predicted molar refractivity (Wildman–Crippen MR) is 112 cm³/mol. The number of carbonyl (C=O) groups excluding carboxylic acids is 1. The van der Waals surface area contributed by atoms with E-state index in [-0.39, 0.29) is 37.0 Å². The standard InChI is InChI=1S/C20H17ClFN3O6S/c21-12-1-3-14-17(9-12)23-18(24-19(14)26)11-31-20(27)15-10-13(2-4-16(15)22)32(28,29)25-5-7-30-8-6-25/h1-4,9-10H,5-8,11H2,(H,23,24,26). The molecule has 2 aromatic carbocycles. The summed E-state index contributed by atoms with van der Waals surface area (Å²) >= 11 is 5.92. The van der Waals surface area contributed by atoms with Gasteiger partial charge < -0.3 is 14.5 Å². The Morgan fingerprint density at radius 1 is 1.22 bits per heavy atom. The van der Waals surface area contributed by atoms with Crippen LogP contribution in [0.15, 0.2) is 46.1 Å². The molecule has 3 aromatic rings. The summed E-state index contributed by atoms with van der Waals surface area (Å²) in [5.41, 5.74) is -0.704. The zero-order chi connectivity index (χ0) is 22.9. The minimum atomic E-state index is -3.93. The van der Waals surface area contributed by atoms with Crippen molar-refractivity contribution >= 4 is 38.5 Å². The van der Waals surface area contributed by atoms with Crippen LogP contribution in [-0.4, -0.2) is 55.0 Å². The van der Waals surface area contributed by atoms with E-state index in [0.29, 0.717) is 15.9 Å². The molecule has 1 aromatic heterocycles. The highest BCUT2D eigenvalue weighted by Gasteiger charge is 2.28. The number of benzene rings is 2. The number of H-pyrrole nitrogens is 1. The van der Waals surface area contributed by atoms with Crippen molar-refractivity contribution in [2.45, 2.75) is 11.5 Å². The van der Waals surface area contributed by atoms with Gasteiger partial charge in [0.05, 0.1) is 34.6 Å². The molecule has 12 heteroatoms. The van der Waals surface area contributed by atoms with Crippen molar-refractivity contribution < 1.29 is 27.1 Å². The molecule has 2 heterocycles. The number of carbonyl (C=O) groups is 1. The molecule has 0 unspecified atom stereocenters. The third-order valence-electron chi connectivity index (χ3n) is 4.82. The number of halogens is 2. The van der Waals surface area contributed by atoms with E-state index in [1.165, 1.54) is 16.4 Å². The SMILES string of the molecule is O=C(OCc1nc2cc(Cl)ccc2c(=O)[nH]1)c1cc(S(=O)(=O)N2CCOCC2)ccc1F. The van der Waals surface area contributed by atoms with Crippen LogP contribution in [0.25, 0.3) is 10.9 Å². The molecule has 1 aliphatic rings. The number of aromatic nitrogens is 2. The Kier molecular flexibility index (Phi) is 6.24. The van der Waals surface area contributed by atoms with Crippen molar-refractivity contribution in [1.29, 1.82) is 0 Å². The third-order valence-corrected chi connectivity index (χ3v) is 6.95. The fourth-order valence-corrected chi connectivity index (χ4v) is 4.80. The number of esters is 1. The Morgan fingerprint density at radius 3 is 2.72 bits per heavy atom. The molecule has 1 N–H and O–H groups in total. The van der Waals surface area contributed by atoms with Crippen LogP contribution in [0.1, 0.15) is 16.2 Å². The second-order valence-electron chi connectivity index (χ2n) is 6.91. The average Bonchev–Trinajstić information content (AvgIpc) is 2.78. The van der Waals surface area contributed by atoms with E-state index in [4.69, 9.17) is 21.1 Å². The number of ether oxygens (including phenoxy) is 2. The van der Waals surface area contributed by atoms with Crippen LogP contribution < -0.4 is 5.56 Å². The molecule has 0 saturated carbocycles. The largest absolute Gasteiger partial charge is 0.454 e. The number of nitrogens with one attached hydrogen (secondary N) is 1. The Bertz CT molecular complexity index is 1360. The molecule has 1 fully saturated rings. The molecule has 0 radical (unpaired) electrons. The Hall–Kier alpha value is -2.86. The lowest BCUT2D eigenvalue weighted by Crippen LogP contribution is -2.40. The van der Waals surface area contributed by atoms with E-state index < -0.39 is 39.5 Å². The smallest absolute Gasteiger partial charge is 0.341 e. The summed E-state index contributed by atoms with van der Waals surface area (Å²) < 4.78 is 51.3. The minimum absolute atomic E-state index is 0.0237. The van der Waals surface area contributed by atoms with Gasteiger partial charge in [-0.05, 0) is 36.4 Å². The van der Waals surface area contributed by atoms with Gasteiger partial charge in [0.1, 0.15) is 18.2 Å².